The van der Waals surface area contributed by atoms with E-state index >= 15 is 0 Å². The first kappa shape index (κ1) is 10.7. The highest BCUT2D eigenvalue weighted by atomic mass is 16.7. The second-order valence-corrected chi connectivity index (χ2v) is 3.65. The van der Waals surface area contributed by atoms with Gasteiger partial charge < -0.3 is 9.47 Å². The molecule has 0 bridgehead atoms. The molecule has 0 radical (unpaired) electrons. The number of esters is 2. The molecule has 0 unspecified atom stereocenters. The van der Waals surface area contributed by atoms with E-state index in [1.807, 2.05) is 6.07 Å². The number of carbonyl (C=O) groups is 2. The highest BCUT2D eigenvalue weighted by Crippen LogP contribution is 2.29. The molecule has 0 saturated heterocycles. The van der Waals surface area contributed by atoms with Crippen LogP contribution in [0, 0.1) is 5.92 Å². The molecule has 4 heteroatoms. The molecular formula is C12H12O4. The summed E-state index contributed by atoms with van der Waals surface area (Å²) in [4.78, 5) is 22.5. The van der Waals surface area contributed by atoms with Gasteiger partial charge in [-0.05, 0) is 25.0 Å². The summed E-state index contributed by atoms with van der Waals surface area (Å²) in [5.74, 6) is -0.736. The Morgan fingerprint density at radius 3 is 2.44 bits per heavy atom. The predicted molar refractivity (Wildman–Crippen MR) is 55.5 cm³/mol. The van der Waals surface area contributed by atoms with Crippen molar-refractivity contribution in [3.63, 3.8) is 0 Å². The smallest absolute Gasteiger partial charge is 0.340 e. The molecule has 0 N–H and O–H groups in total. The van der Waals surface area contributed by atoms with Crippen LogP contribution in [0.15, 0.2) is 30.3 Å². The molecule has 4 nitrogen and oxygen atoms in total. The van der Waals surface area contributed by atoms with Crippen LogP contribution in [0.25, 0.3) is 0 Å². The zero-order chi connectivity index (χ0) is 11.4. The average Bonchev–Trinajstić information content (AvgIpc) is 3.14. The summed E-state index contributed by atoms with van der Waals surface area (Å²) in [6.07, 6.45) is 1.76. The number of benzene rings is 1. The van der Waals surface area contributed by atoms with Crippen molar-refractivity contribution < 1.29 is 19.1 Å². The third-order valence-electron chi connectivity index (χ3n) is 2.31. The Hall–Kier alpha value is -1.84. The summed E-state index contributed by atoms with van der Waals surface area (Å²) in [7, 11) is 0. The van der Waals surface area contributed by atoms with Crippen LogP contribution < -0.4 is 0 Å². The average molecular weight is 220 g/mol. The van der Waals surface area contributed by atoms with Crippen LogP contribution in [0.1, 0.15) is 23.2 Å². The molecule has 2 rings (SSSR count). The summed E-state index contributed by atoms with van der Waals surface area (Å²) in [6, 6.07) is 8.58. The Bertz CT molecular complexity index is 381. The maximum Gasteiger partial charge on any atom is 0.340 e. The Morgan fingerprint density at radius 2 is 1.81 bits per heavy atom. The van der Waals surface area contributed by atoms with Crippen molar-refractivity contribution >= 4 is 11.9 Å². The quantitative estimate of drug-likeness (QED) is 0.573. The van der Waals surface area contributed by atoms with Crippen LogP contribution >= 0.6 is 0 Å². The van der Waals surface area contributed by atoms with Gasteiger partial charge in [-0.1, -0.05) is 18.2 Å². The first-order chi connectivity index (χ1) is 7.77. The largest absolute Gasteiger partial charge is 0.428 e. The highest BCUT2D eigenvalue weighted by molar-refractivity contribution is 5.89. The van der Waals surface area contributed by atoms with Crippen LogP contribution in [-0.4, -0.2) is 18.7 Å². The zero-order valence-corrected chi connectivity index (χ0v) is 8.72. The molecule has 1 aromatic carbocycles. The van der Waals surface area contributed by atoms with Gasteiger partial charge in [0, 0.05) is 0 Å². The lowest BCUT2D eigenvalue weighted by Gasteiger charge is -2.05. The van der Waals surface area contributed by atoms with Crippen molar-refractivity contribution in [2.45, 2.75) is 12.8 Å². The Morgan fingerprint density at radius 1 is 1.12 bits per heavy atom. The van der Waals surface area contributed by atoms with Crippen LogP contribution in [-0.2, 0) is 14.3 Å². The van der Waals surface area contributed by atoms with E-state index in [0.717, 1.165) is 12.8 Å². The van der Waals surface area contributed by atoms with Gasteiger partial charge in [0.05, 0.1) is 11.5 Å². The van der Waals surface area contributed by atoms with E-state index in [1.54, 1.807) is 24.3 Å². The topological polar surface area (TPSA) is 52.6 Å². The number of ether oxygens (including phenoxy) is 2. The molecule has 0 atom stereocenters. The van der Waals surface area contributed by atoms with E-state index in [0.29, 0.717) is 5.56 Å². The van der Waals surface area contributed by atoms with Gasteiger partial charge in [-0.15, -0.1) is 0 Å². The van der Waals surface area contributed by atoms with E-state index in [1.165, 1.54) is 0 Å². The summed E-state index contributed by atoms with van der Waals surface area (Å²) < 4.78 is 9.57. The first-order valence-corrected chi connectivity index (χ1v) is 5.16. The van der Waals surface area contributed by atoms with Crippen molar-refractivity contribution in [1.29, 1.82) is 0 Å². The summed E-state index contributed by atoms with van der Waals surface area (Å²) in [6.45, 7) is -0.303. The van der Waals surface area contributed by atoms with Gasteiger partial charge in [0.15, 0.2) is 0 Å². The Kier molecular flexibility index (Phi) is 3.19. The Labute approximate surface area is 93.2 Å². The summed E-state index contributed by atoms with van der Waals surface area (Å²) >= 11 is 0. The molecule has 1 aliphatic rings. The monoisotopic (exact) mass is 220 g/mol. The molecule has 16 heavy (non-hydrogen) atoms. The van der Waals surface area contributed by atoms with Gasteiger partial charge in [-0.2, -0.15) is 0 Å². The lowest BCUT2D eigenvalue weighted by Crippen LogP contribution is -2.13. The van der Waals surface area contributed by atoms with Crippen molar-refractivity contribution in [2.75, 3.05) is 6.79 Å². The Balaban J connectivity index is 1.73. The molecule has 0 heterocycles. The van der Waals surface area contributed by atoms with Crippen molar-refractivity contribution in [1.82, 2.24) is 0 Å². The van der Waals surface area contributed by atoms with Gasteiger partial charge in [0.1, 0.15) is 0 Å². The van der Waals surface area contributed by atoms with Crippen molar-refractivity contribution in [2.24, 2.45) is 5.92 Å². The number of carbonyl (C=O) groups excluding carboxylic acids is 2. The van der Waals surface area contributed by atoms with E-state index in [4.69, 9.17) is 9.47 Å². The van der Waals surface area contributed by atoms with Crippen LogP contribution in [0.4, 0.5) is 0 Å². The first-order valence-electron chi connectivity index (χ1n) is 5.16. The molecule has 1 aliphatic carbocycles. The second-order valence-electron chi connectivity index (χ2n) is 3.65. The molecule has 84 valence electrons. The minimum atomic E-state index is -0.482. The molecule has 1 aromatic rings. The molecule has 1 saturated carbocycles. The van der Waals surface area contributed by atoms with Gasteiger partial charge in [-0.3, -0.25) is 4.79 Å². The summed E-state index contributed by atoms with van der Waals surface area (Å²) in [5.41, 5.74) is 0.449. The van der Waals surface area contributed by atoms with E-state index < -0.39 is 5.97 Å². The SMILES string of the molecule is O=C(OCOC(=O)C1CC1)c1ccccc1. The molecule has 0 spiro atoms. The van der Waals surface area contributed by atoms with Gasteiger partial charge in [-0.25, -0.2) is 4.79 Å². The normalized spacial score (nSPS) is 14.2. The lowest BCUT2D eigenvalue weighted by molar-refractivity contribution is -0.153. The van der Waals surface area contributed by atoms with Crippen molar-refractivity contribution in [3.8, 4) is 0 Å². The third kappa shape index (κ3) is 2.82. The van der Waals surface area contributed by atoms with Crippen LogP contribution in [0.2, 0.25) is 0 Å². The molecule has 0 amide bonds. The fourth-order valence-corrected chi connectivity index (χ4v) is 1.24. The summed E-state index contributed by atoms with van der Waals surface area (Å²) in [5, 5.41) is 0. The molecule has 1 fully saturated rings. The van der Waals surface area contributed by atoms with Crippen LogP contribution in [0.5, 0.6) is 0 Å². The van der Waals surface area contributed by atoms with E-state index in [-0.39, 0.29) is 18.7 Å². The maximum absolute atomic E-state index is 11.4. The van der Waals surface area contributed by atoms with E-state index in [2.05, 4.69) is 0 Å². The highest BCUT2D eigenvalue weighted by Gasteiger charge is 2.31. The number of hydrogen-bond acceptors (Lipinski definition) is 4. The van der Waals surface area contributed by atoms with E-state index in [9.17, 15) is 9.59 Å². The van der Waals surface area contributed by atoms with Gasteiger partial charge >= 0.3 is 11.9 Å². The zero-order valence-electron chi connectivity index (χ0n) is 8.72. The third-order valence-corrected chi connectivity index (χ3v) is 2.31. The lowest BCUT2D eigenvalue weighted by atomic mass is 10.2. The fraction of sp³-hybridized carbons (Fsp3) is 0.333. The fourth-order valence-electron chi connectivity index (χ4n) is 1.24. The maximum atomic E-state index is 11.4. The van der Waals surface area contributed by atoms with Crippen LogP contribution in [0.3, 0.4) is 0 Å². The minimum absolute atomic E-state index is 0.0235. The predicted octanol–water partition coefficient (Wildman–Crippen LogP) is 1.75. The molecule has 0 aromatic heterocycles. The number of hydrogen-bond donors (Lipinski definition) is 0. The van der Waals surface area contributed by atoms with Crippen molar-refractivity contribution in [3.05, 3.63) is 35.9 Å². The van der Waals surface area contributed by atoms with Gasteiger partial charge in [0.25, 0.3) is 0 Å². The minimum Gasteiger partial charge on any atom is -0.428 e. The molecule has 0 aliphatic heterocycles. The number of rotatable bonds is 4. The second kappa shape index (κ2) is 4.79. The molecular weight excluding hydrogens is 208 g/mol. The van der Waals surface area contributed by atoms with Gasteiger partial charge in [0.2, 0.25) is 6.79 Å². The standard InChI is InChI=1S/C12H12O4/c13-11(9-4-2-1-3-5-9)15-8-16-12(14)10-6-7-10/h1-5,10H,6-8H2.